The van der Waals surface area contributed by atoms with Crippen LogP contribution in [0.2, 0.25) is 0 Å². The van der Waals surface area contributed by atoms with E-state index in [4.69, 9.17) is 5.11 Å². The van der Waals surface area contributed by atoms with Crippen molar-refractivity contribution >= 4 is 0 Å². The fourth-order valence-electron chi connectivity index (χ4n) is 0.915. The van der Waals surface area contributed by atoms with Gasteiger partial charge in [0.25, 0.3) is 0 Å². The fourth-order valence-corrected chi connectivity index (χ4v) is 0.915. The lowest BCUT2D eigenvalue weighted by Gasteiger charge is -2.08. The summed E-state index contributed by atoms with van der Waals surface area (Å²) in [6.07, 6.45) is 1.88. The van der Waals surface area contributed by atoms with Crippen LogP contribution in [0.3, 0.4) is 0 Å². The highest BCUT2D eigenvalue weighted by Crippen LogP contribution is 1.94. The molecule has 4 nitrogen and oxygen atoms in total. The summed E-state index contributed by atoms with van der Waals surface area (Å²) in [6.45, 7) is 1.86. The SMILES string of the molecule is CN(C)CCn1ccc(CO)n1. The molecule has 12 heavy (non-hydrogen) atoms. The van der Waals surface area contributed by atoms with E-state index < -0.39 is 0 Å². The Labute approximate surface area is 72.4 Å². The van der Waals surface area contributed by atoms with Crippen molar-refractivity contribution in [2.75, 3.05) is 20.6 Å². The van der Waals surface area contributed by atoms with E-state index in [0.29, 0.717) is 0 Å². The van der Waals surface area contributed by atoms with Crippen molar-refractivity contribution in [3.63, 3.8) is 0 Å². The van der Waals surface area contributed by atoms with E-state index in [0.717, 1.165) is 18.8 Å². The average Bonchev–Trinajstić information content (AvgIpc) is 2.48. The first-order valence-electron chi connectivity index (χ1n) is 4.00. The van der Waals surface area contributed by atoms with Crippen LogP contribution in [-0.4, -0.2) is 40.4 Å². The molecule has 4 heteroatoms. The zero-order chi connectivity index (χ0) is 8.97. The third-order valence-corrected chi connectivity index (χ3v) is 1.63. The minimum Gasteiger partial charge on any atom is -0.390 e. The molecular formula is C8H15N3O. The Morgan fingerprint density at radius 1 is 1.58 bits per heavy atom. The molecule has 1 aromatic heterocycles. The summed E-state index contributed by atoms with van der Waals surface area (Å²) in [7, 11) is 4.05. The highest BCUT2D eigenvalue weighted by molar-refractivity contribution is 4.96. The third kappa shape index (κ3) is 2.64. The van der Waals surface area contributed by atoms with Crippen LogP contribution in [0.5, 0.6) is 0 Å². The molecule has 0 atom stereocenters. The molecule has 0 radical (unpaired) electrons. The van der Waals surface area contributed by atoms with Crippen molar-refractivity contribution in [1.82, 2.24) is 14.7 Å². The molecule has 0 unspecified atom stereocenters. The molecule has 1 N–H and O–H groups in total. The van der Waals surface area contributed by atoms with Crippen molar-refractivity contribution in [2.45, 2.75) is 13.2 Å². The number of aromatic nitrogens is 2. The van der Waals surface area contributed by atoms with Gasteiger partial charge in [0.1, 0.15) is 0 Å². The molecule has 0 saturated carbocycles. The minimum atomic E-state index is 0.0228. The van der Waals surface area contributed by atoms with E-state index in [1.54, 1.807) is 0 Å². The molecule has 0 fully saturated rings. The average molecular weight is 169 g/mol. The number of hydrogen-bond donors (Lipinski definition) is 1. The van der Waals surface area contributed by atoms with Crippen LogP contribution in [0.15, 0.2) is 12.3 Å². The van der Waals surface area contributed by atoms with E-state index in [2.05, 4.69) is 10.00 Å². The Morgan fingerprint density at radius 3 is 2.83 bits per heavy atom. The quantitative estimate of drug-likeness (QED) is 0.686. The van der Waals surface area contributed by atoms with Crippen LogP contribution in [-0.2, 0) is 13.2 Å². The van der Waals surface area contributed by atoms with Gasteiger partial charge in [-0.1, -0.05) is 0 Å². The lowest BCUT2D eigenvalue weighted by Crippen LogP contribution is -2.18. The molecule has 1 aromatic rings. The molecule has 0 bridgehead atoms. The molecule has 0 aliphatic carbocycles. The van der Waals surface area contributed by atoms with Crippen LogP contribution in [0.25, 0.3) is 0 Å². The maximum absolute atomic E-state index is 8.74. The van der Waals surface area contributed by atoms with Gasteiger partial charge in [-0.3, -0.25) is 4.68 Å². The number of rotatable bonds is 4. The van der Waals surface area contributed by atoms with E-state index in [1.807, 2.05) is 31.0 Å². The largest absolute Gasteiger partial charge is 0.390 e. The number of nitrogens with zero attached hydrogens (tertiary/aromatic N) is 3. The van der Waals surface area contributed by atoms with Crippen LogP contribution in [0.1, 0.15) is 5.69 Å². The van der Waals surface area contributed by atoms with Gasteiger partial charge in [0, 0.05) is 12.7 Å². The fraction of sp³-hybridized carbons (Fsp3) is 0.625. The van der Waals surface area contributed by atoms with Crippen LogP contribution in [0, 0.1) is 0 Å². The second-order valence-corrected chi connectivity index (χ2v) is 3.03. The number of aliphatic hydroxyl groups excluding tert-OH is 1. The van der Waals surface area contributed by atoms with Gasteiger partial charge >= 0.3 is 0 Å². The third-order valence-electron chi connectivity index (χ3n) is 1.63. The number of aliphatic hydroxyl groups is 1. The van der Waals surface area contributed by atoms with E-state index in [9.17, 15) is 0 Å². The second kappa shape index (κ2) is 4.23. The summed E-state index contributed by atoms with van der Waals surface area (Å²) in [5.41, 5.74) is 0.730. The summed E-state index contributed by atoms with van der Waals surface area (Å²) in [5.74, 6) is 0. The van der Waals surface area contributed by atoms with Gasteiger partial charge < -0.3 is 10.0 Å². The summed E-state index contributed by atoms with van der Waals surface area (Å²) >= 11 is 0. The molecular weight excluding hydrogens is 154 g/mol. The molecule has 0 aliphatic heterocycles. The van der Waals surface area contributed by atoms with Crippen LogP contribution in [0.4, 0.5) is 0 Å². The lowest BCUT2D eigenvalue weighted by molar-refractivity contribution is 0.274. The highest BCUT2D eigenvalue weighted by Gasteiger charge is 1.96. The van der Waals surface area contributed by atoms with Crippen molar-refractivity contribution in [3.8, 4) is 0 Å². The zero-order valence-electron chi connectivity index (χ0n) is 7.56. The first kappa shape index (κ1) is 9.22. The molecule has 68 valence electrons. The smallest absolute Gasteiger partial charge is 0.0878 e. The number of likely N-dealkylation sites (N-methyl/N-ethyl adjacent to an activating group) is 1. The van der Waals surface area contributed by atoms with Crippen LogP contribution < -0.4 is 0 Å². The van der Waals surface area contributed by atoms with Crippen molar-refractivity contribution in [1.29, 1.82) is 0 Å². The Balaban J connectivity index is 2.41. The Kier molecular flexibility index (Phi) is 3.25. The maximum Gasteiger partial charge on any atom is 0.0878 e. The molecule has 1 rings (SSSR count). The van der Waals surface area contributed by atoms with Gasteiger partial charge in [-0.05, 0) is 20.2 Å². The standard InChI is InChI=1S/C8H15N3O/c1-10(2)5-6-11-4-3-8(7-12)9-11/h3-4,12H,5-7H2,1-2H3. The van der Waals surface area contributed by atoms with Crippen LogP contribution >= 0.6 is 0 Å². The van der Waals surface area contributed by atoms with Gasteiger partial charge in [-0.25, -0.2) is 0 Å². The maximum atomic E-state index is 8.74. The van der Waals surface area contributed by atoms with Gasteiger partial charge in [-0.2, -0.15) is 5.10 Å². The van der Waals surface area contributed by atoms with Gasteiger partial charge in [0.15, 0.2) is 0 Å². The molecule has 0 spiro atoms. The molecule has 0 aromatic carbocycles. The summed E-state index contributed by atoms with van der Waals surface area (Å²) < 4.78 is 1.84. The Hall–Kier alpha value is -0.870. The van der Waals surface area contributed by atoms with Crippen molar-refractivity contribution < 1.29 is 5.11 Å². The minimum absolute atomic E-state index is 0.0228. The molecule has 0 amide bonds. The Morgan fingerprint density at radius 2 is 2.33 bits per heavy atom. The summed E-state index contributed by atoms with van der Waals surface area (Å²) in [4.78, 5) is 2.10. The van der Waals surface area contributed by atoms with Gasteiger partial charge in [0.2, 0.25) is 0 Å². The zero-order valence-corrected chi connectivity index (χ0v) is 7.56. The lowest BCUT2D eigenvalue weighted by atomic mass is 10.5. The van der Waals surface area contributed by atoms with E-state index >= 15 is 0 Å². The number of hydrogen-bond acceptors (Lipinski definition) is 3. The van der Waals surface area contributed by atoms with Gasteiger partial charge in [0.05, 0.1) is 18.8 Å². The monoisotopic (exact) mass is 169 g/mol. The topological polar surface area (TPSA) is 41.3 Å². The highest BCUT2D eigenvalue weighted by atomic mass is 16.3. The second-order valence-electron chi connectivity index (χ2n) is 3.03. The predicted molar refractivity (Wildman–Crippen MR) is 46.7 cm³/mol. The normalized spacial score (nSPS) is 11.0. The predicted octanol–water partition coefficient (Wildman–Crippen LogP) is -0.0630. The first-order chi connectivity index (χ1) is 5.72. The van der Waals surface area contributed by atoms with Crippen molar-refractivity contribution in [3.05, 3.63) is 18.0 Å². The first-order valence-corrected chi connectivity index (χ1v) is 4.00. The summed E-state index contributed by atoms with van der Waals surface area (Å²) in [6, 6.07) is 1.83. The molecule has 0 aliphatic rings. The summed E-state index contributed by atoms with van der Waals surface area (Å²) in [5, 5.41) is 12.9. The molecule has 0 saturated heterocycles. The van der Waals surface area contributed by atoms with E-state index in [1.165, 1.54) is 0 Å². The van der Waals surface area contributed by atoms with Crippen molar-refractivity contribution in [2.24, 2.45) is 0 Å². The van der Waals surface area contributed by atoms with Gasteiger partial charge in [-0.15, -0.1) is 0 Å². The Bertz CT molecular complexity index is 232. The van der Waals surface area contributed by atoms with E-state index in [-0.39, 0.29) is 6.61 Å². The molecule has 1 heterocycles.